The molecule has 0 aliphatic heterocycles. The Balaban J connectivity index is 2.33. The van der Waals surface area contributed by atoms with Crippen molar-refractivity contribution in [3.8, 4) is 17.3 Å². The van der Waals surface area contributed by atoms with Gasteiger partial charge in [0.15, 0.2) is 5.82 Å². The van der Waals surface area contributed by atoms with Crippen LogP contribution in [0.4, 0.5) is 4.79 Å². The summed E-state index contributed by atoms with van der Waals surface area (Å²) in [6.45, 7) is 3.86. The molecule has 1 heterocycles. The van der Waals surface area contributed by atoms with Gasteiger partial charge in [-0.3, -0.25) is 0 Å². The highest BCUT2D eigenvalue weighted by atomic mass is 16.6. The van der Waals surface area contributed by atoms with Crippen LogP contribution in [0.25, 0.3) is 11.4 Å². The topological polar surface area (TPSA) is 55.3 Å². The fraction of sp³-hybridized carbons (Fsp3) is 0.267. The molecule has 0 saturated heterocycles. The van der Waals surface area contributed by atoms with Crippen molar-refractivity contribution in [2.75, 3.05) is 14.1 Å². The zero-order chi connectivity index (χ0) is 14.7. The number of aromatic nitrogens is 2. The van der Waals surface area contributed by atoms with E-state index in [1.54, 1.807) is 20.2 Å². The third-order valence-electron chi connectivity index (χ3n) is 2.70. The molecule has 0 saturated carbocycles. The standard InChI is InChI=1S/C15H17N3O2/c1-10-5-7-12(8-6-10)14-16-11(2)9-13(17-14)20-15(19)18(3)4/h5-9H,1-4H3. The molecule has 5 nitrogen and oxygen atoms in total. The molecular formula is C15H17N3O2. The van der Waals surface area contributed by atoms with E-state index >= 15 is 0 Å². The highest BCUT2D eigenvalue weighted by Gasteiger charge is 2.11. The summed E-state index contributed by atoms with van der Waals surface area (Å²) < 4.78 is 5.18. The summed E-state index contributed by atoms with van der Waals surface area (Å²) in [6, 6.07) is 9.52. The van der Waals surface area contributed by atoms with Crippen LogP contribution in [0.15, 0.2) is 30.3 Å². The van der Waals surface area contributed by atoms with Crippen LogP contribution in [0.3, 0.4) is 0 Å². The van der Waals surface area contributed by atoms with Gasteiger partial charge in [-0.15, -0.1) is 0 Å². The van der Waals surface area contributed by atoms with Gasteiger partial charge in [0, 0.05) is 31.4 Å². The lowest BCUT2D eigenvalue weighted by Crippen LogP contribution is -2.25. The largest absolute Gasteiger partial charge is 0.416 e. The molecule has 20 heavy (non-hydrogen) atoms. The Bertz CT molecular complexity index is 622. The van der Waals surface area contributed by atoms with Gasteiger partial charge in [0.1, 0.15) is 0 Å². The van der Waals surface area contributed by atoms with E-state index in [2.05, 4.69) is 9.97 Å². The molecular weight excluding hydrogens is 254 g/mol. The van der Waals surface area contributed by atoms with E-state index in [1.165, 1.54) is 10.5 Å². The summed E-state index contributed by atoms with van der Waals surface area (Å²) in [5, 5.41) is 0. The maximum absolute atomic E-state index is 11.6. The number of amides is 1. The normalized spacial score (nSPS) is 10.2. The molecule has 104 valence electrons. The van der Waals surface area contributed by atoms with Crippen molar-refractivity contribution in [3.63, 3.8) is 0 Å². The van der Waals surface area contributed by atoms with Crippen LogP contribution in [0, 0.1) is 13.8 Å². The van der Waals surface area contributed by atoms with Crippen molar-refractivity contribution in [2.24, 2.45) is 0 Å². The van der Waals surface area contributed by atoms with Crippen LogP contribution in [0.2, 0.25) is 0 Å². The number of nitrogens with zero attached hydrogens (tertiary/aromatic N) is 3. The molecule has 2 rings (SSSR count). The minimum Gasteiger partial charge on any atom is -0.391 e. The Hall–Kier alpha value is -2.43. The predicted octanol–water partition coefficient (Wildman–Crippen LogP) is 2.82. The smallest absolute Gasteiger partial charge is 0.391 e. The molecule has 1 aromatic carbocycles. The van der Waals surface area contributed by atoms with Gasteiger partial charge in [-0.2, -0.15) is 4.98 Å². The van der Waals surface area contributed by atoms with Crippen LogP contribution in [0.1, 0.15) is 11.3 Å². The summed E-state index contributed by atoms with van der Waals surface area (Å²) >= 11 is 0. The Morgan fingerprint density at radius 1 is 1.10 bits per heavy atom. The lowest BCUT2D eigenvalue weighted by atomic mass is 10.1. The minimum absolute atomic E-state index is 0.256. The van der Waals surface area contributed by atoms with Crippen molar-refractivity contribution >= 4 is 6.09 Å². The SMILES string of the molecule is Cc1ccc(-c2nc(C)cc(OC(=O)N(C)C)n2)cc1. The first-order valence-corrected chi connectivity index (χ1v) is 6.27. The molecule has 1 aromatic heterocycles. The van der Waals surface area contributed by atoms with Gasteiger partial charge in [-0.25, -0.2) is 9.78 Å². The number of hydrogen-bond donors (Lipinski definition) is 0. The number of benzene rings is 1. The second-order valence-corrected chi connectivity index (χ2v) is 4.80. The molecule has 0 aliphatic carbocycles. The Labute approximate surface area is 118 Å². The molecule has 0 radical (unpaired) electrons. The number of carbonyl (C=O) groups excluding carboxylic acids is 1. The van der Waals surface area contributed by atoms with Crippen molar-refractivity contribution in [2.45, 2.75) is 13.8 Å². The van der Waals surface area contributed by atoms with Crippen molar-refractivity contribution in [3.05, 3.63) is 41.6 Å². The van der Waals surface area contributed by atoms with E-state index in [-0.39, 0.29) is 5.88 Å². The van der Waals surface area contributed by atoms with Crippen LogP contribution in [0.5, 0.6) is 5.88 Å². The van der Waals surface area contributed by atoms with Gasteiger partial charge >= 0.3 is 6.09 Å². The number of aryl methyl sites for hydroxylation is 2. The Morgan fingerprint density at radius 3 is 2.35 bits per heavy atom. The first-order valence-electron chi connectivity index (χ1n) is 6.27. The molecule has 1 amide bonds. The van der Waals surface area contributed by atoms with Gasteiger partial charge in [0.25, 0.3) is 0 Å². The number of carbonyl (C=O) groups is 1. The number of ether oxygens (including phenoxy) is 1. The first-order chi connectivity index (χ1) is 9.45. The second-order valence-electron chi connectivity index (χ2n) is 4.80. The molecule has 0 fully saturated rings. The van der Waals surface area contributed by atoms with Crippen molar-refractivity contribution < 1.29 is 9.53 Å². The molecule has 0 bridgehead atoms. The van der Waals surface area contributed by atoms with E-state index in [0.29, 0.717) is 5.82 Å². The first kappa shape index (κ1) is 14.0. The molecule has 0 atom stereocenters. The summed E-state index contributed by atoms with van der Waals surface area (Å²) in [4.78, 5) is 21.6. The van der Waals surface area contributed by atoms with Gasteiger partial charge < -0.3 is 9.64 Å². The van der Waals surface area contributed by atoms with Crippen LogP contribution in [-0.2, 0) is 0 Å². The van der Waals surface area contributed by atoms with E-state index in [0.717, 1.165) is 11.3 Å². The zero-order valence-electron chi connectivity index (χ0n) is 12.0. The number of hydrogen-bond acceptors (Lipinski definition) is 4. The second kappa shape index (κ2) is 5.69. The third kappa shape index (κ3) is 3.32. The van der Waals surface area contributed by atoms with E-state index in [1.807, 2.05) is 38.1 Å². The van der Waals surface area contributed by atoms with E-state index in [9.17, 15) is 4.79 Å². The van der Waals surface area contributed by atoms with Gasteiger partial charge in [-0.05, 0) is 13.8 Å². The summed E-state index contributed by atoms with van der Waals surface area (Å²) in [7, 11) is 3.24. The van der Waals surface area contributed by atoms with E-state index < -0.39 is 6.09 Å². The lowest BCUT2D eigenvalue weighted by molar-refractivity contribution is 0.170. The molecule has 2 aromatic rings. The quantitative estimate of drug-likeness (QED) is 0.842. The average molecular weight is 271 g/mol. The summed E-state index contributed by atoms with van der Waals surface area (Å²) in [5.41, 5.74) is 2.80. The minimum atomic E-state index is -0.460. The molecule has 0 N–H and O–H groups in total. The molecule has 0 spiro atoms. The average Bonchev–Trinajstić information content (AvgIpc) is 2.38. The number of rotatable bonds is 2. The Kier molecular flexibility index (Phi) is 3.98. The van der Waals surface area contributed by atoms with E-state index in [4.69, 9.17) is 4.74 Å². The molecule has 0 unspecified atom stereocenters. The lowest BCUT2D eigenvalue weighted by Gasteiger charge is -2.11. The maximum atomic E-state index is 11.6. The van der Waals surface area contributed by atoms with Gasteiger partial charge in [0.05, 0.1) is 0 Å². The predicted molar refractivity (Wildman–Crippen MR) is 76.7 cm³/mol. The van der Waals surface area contributed by atoms with Crippen LogP contribution < -0.4 is 4.74 Å². The fourth-order valence-corrected chi connectivity index (χ4v) is 1.60. The maximum Gasteiger partial charge on any atom is 0.416 e. The third-order valence-corrected chi connectivity index (χ3v) is 2.70. The monoisotopic (exact) mass is 271 g/mol. The highest BCUT2D eigenvalue weighted by molar-refractivity contribution is 5.69. The van der Waals surface area contributed by atoms with Crippen LogP contribution >= 0.6 is 0 Å². The van der Waals surface area contributed by atoms with Crippen molar-refractivity contribution in [1.82, 2.24) is 14.9 Å². The summed E-state index contributed by atoms with van der Waals surface area (Å²) in [5.74, 6) is 0.804. The Morgan fingerprint density at radius 2 is 1.75 bits per heavy atom. The van der Waals surface area contributed by atoms with Gasteiger partial charge in [0.2, 0.25) is 5.88 Å². The molecule has 0 aliphatic rings. The molecule has 5 heteroatoms. The summed E-state index contributed by atoms with van der Waals surface area (Å²) in [6.07, 6.45) is -0.460. The zero-order valence-corrected chi connectivity index (χ0v) is 12.0. The highest BCUT2D eigenvalue weighted by Crippen LogP contribution is 2.19. The van der Waals surface area contributed by atoms with Crippen molar-refractivity contribution in [1.29, 1.82) is 0 Å². The van der Waals surface area contributed by atoms with Gasteiger partial charge in [-0.1, -0.05) is 29.8 Å². The van der Waals surface area contributed by atoms with Crippen LogP contribution in [-0.4, -0.2) is 35.1 Å². The fourth-order valence-electron chi connectivity index (χ4n) is 1.60.